The van der Waals surface area contributed by atoms with Crippen LogP contribution in [0.4, 0.5) is 15.8 Å². The van der Waals surface area contributed by atoms with Crippen LogP contribution in [0.25, 0.3) is 0 Å². The van der Waals surface area contributed by atoms with Crippen molar-refractivity contribution in [3.8, 4) is 0 Å². The van der Waals surface area contributed by atoms with E-state index in [-0.39, 0.29) is 5.82 Å². The van der Waals surface area contributed by atoms with Crippen molar-refractivity contribution >= 4 is 11.4 Å². The number of hydrogen-bond acceptors (Lipinski definition) is 2. The molecule has 0 aliphatic carbocycles. The van der Waals surface area contributed by atoms with E-state index < -0.39 is 0 Å². The zero-order valence-electron chi connectivity index (χ0n) is 11.5. The first-order valence-corrected chi connectivity index (χ1v) is 7.14. The van der Waals surface area contributed by atoms with E-state index in [4.69, 9.17) is 5.73 Å². The van der Waals surface area contributed by atoms with Crippen molar-refractivity contribution in [3.05, 3.63) is 59.4 Å². The van der Waals surface area contributed by atoms with Gasteiger partial charge in [0, 0.05) is 18.8 Å². The van der Waals surface area contributed by atoms with E-state index in [1.54, 1.807) is 6.07 Å². The van der Waals surface area contributed by atoms with Crippen LogP contribution in [0.5, 0.6) is 0 Å². The Hall–Kier alpha value is -1.87. The molecule has 2 N–H and O–H groups in total. The molecule has 0 amide bonds. The Labute approximate surface area is 119 Å². The molecule has 0 fully saturated rings. The van der Waals surface area contributed by atoms with E-state index in [0.29, 0.717) is 12.2 Å². The van der Waals surface area contributed by atoms with Gasteiger partial charge >= 0.3 is 0 Å². The number of hydrogen-bond donors (Lipinski definition) is 1. The lowest BCUT2D eigenvalue weighted by Crippen LogP contribution is -2.21. The van der Waals surface area contributed by atoms with E-state index in [9.17, 15) is 4.39 Å². The molecule has 3 heteroatoms. The third-order valence-electron chi connectivity index (χ3n) is 3.92. The molecule has 1 aliphatic heterocycles. The second-order valence-corrected chi connectivity index (χ2v) is 5.19. The van der Waals surface area contributed by atoms with Crippen LogP contribution >= 0.6 is 0 Å². The molecular weight excluding hydrogens is 251 g/mol. The van der Waals surface area contributed by atoms with Gasteiger partial charge in [0.05, 0.1) is 5.69 Å². The standard InChI is InChI=1S/C17H19FN2/c18-15-9-5-8-14(12-19)17(15)20-11-4-3-7-13-6-1-2-10-16(13)20/h1-2,5-6,8-10H,3-4,7,11-12,19H2. The molecule has 20 heavy (non-hydrogen) atoms. The summed E-state index contributed by atoms with van der Waals surface area (Å²) in [6.07, 6.45) is 3.26. The number of fused-ring (bicyclic) bond motifs is 1. The van der Waals surface area contributed by atoms with Gasteiger partial charge in [-0.3, -0.25) is 0 Å². The number of anilines is 2. The second kappa shape index (κ2) is 5.63. The fourth-order valence-electron chi connectivity index (χ4n) is 2.95. The van der Waals surface area contributed by atoms with Gasteiger partial charge in [-0.15, -0.1) is 0 Å². The lowest BCUT2D eigenvalue weighted by Gasteiger charge is -2.27. The maximum absolute atomic E-state index is 14.4. The van der Waals surface area contributed by atoms with Crippen molar-refractivity contribution in [3.63, 3.8) is 0 Å². The maximum atomic E-state index is 14.4. The van der Waals surface area contributed by atoms with Crippen molar-refractivity contribution in [1.29, 1.82) is 0 Å². The van der Waals surface area contributed by atoms with Gasteiger partial charge in [-0.2, -0.15) is 0 Å². The fraction of sp³-hybridized carbons (Fsp3) is 0.294. The number of halogens is 1. The van der Waals surface area contributed by atoms with Crippen LogP contribution in [0.2, 0.25) is 0 Å². The molecule has 0 saturated carbocycles. The van der Waals surface area contributed by atoms with Gasteiger partial charge in [0.2, 0.25) is 0 Å². The largest absolute Gasteiger partial charge is 0.339 e. The molecule has 0 spiro atoms. The normalized spacial score (nSPS) is 14.8. The van der Waals surface area contributed by atoms with Gasteiger partial charge in [-0.25, -0.2) is 4.39 Å². The Morgan fingerprint density at radius 2 is 1.90 bits per heavy atom. The van der Waals surface area contributed by atoms with Crippen molar-refractivity contribution < 1.29 is 4.39 Å². The molecule has 0 saturated heterocycles. The minimum absolute atomic E-state index is 0.190. The lowest BCUT2D eigenvalue weighted by molar-refractivity contribution is 0.620. The lowest BCUT2D eigenvalue weighted by atomic mass is 10.1. The van der Waals surface area contributed by atoms with Crippen LogP contribution in [0.1, 0.15) is 24.0 Å². The van der Waals surface area contributed by atoms with Crippen molar-refractivity contribution in [2.75, 3.05) is 11.4 Å². The van der Waals surface area contributed by atoms with Crippen LogP contribution in [0.3, 0.4) is 0 Å². The summed E-state index contributed by atoms with van der Waals surface area (Å²) < 4.78 is 14.4. The summed E-state index contributed by atoms with van der Waals surface area (Å²) in [6.45, 7) is 1.19. The average molecular weight is 270 g/mol. The van der Waals surface area contributed by atoms with Crippen LogP contribution in [0.15, 0.2) is 42.5 Å². The highest BCUT2D eigenvalue weighted by atomic mass is 19.1. The van der Waals surface area contributed by atoms with Crippen LogP contribution < -0.4 is 10.6 Å². The Bertz CT molecular complexity index is 610. The summed E-state index contributed by atoms with van der Waals surface area (Å²) in [6, 6.07) is 13.4. The minimum atomic E-state index is -0.190. The zero-order valence-corrected chi connectivity index (χ0v) is 11.5. The first-order valence-electron chi connectivity index (χ1n) is 7.14. The quantitative estimate of drug-likeness (QED) is 0.900. The SMILES string of the molecule is NCc1cccc(F)c1N1CCCCc2ccccc21. The Kier molecular flexibility index (Phi) is 3.70. The Balaban J connectivity index is 2.15. The first kappa shape index (κ1) is 13.1. The number of nitrogens with two attached hydrogens (primary N) is 1. The number of aryl methyl sites for hydroxylation is 1. The van der Waals surface area contributed by atoms with E-state index in [1.165, 1.54) is 11.6 Å². The third kappa shape index (κ3) is 2.29. The van der Waals surface area contributed by atoms with Crippen molar-refractivity contribution in [1.82, 2.24) is 0 Å². The molecule has 0 atom stereocenters. The van der Waals surface area contributed by atoms with Crippen LogP contribution in [-0.2, 0) is 13.0 Å². The number of rotatable bonds is 2. The Morgan fingerprint density at radius 1 is 1.05 bits per heavy atom. The van der Waals surface area contributed by atoms with Gasteiger partial charge in [0.15, 0.2) is 0 Å². The highest BCUT2D eigenvalue weighted by Crippen LogP contribution is 2.35. The maximum Gasteiger partial charge on any atom is 0.147 e. The van der Waals surface area contributed by atoms with E-state index in [0.717, 1.165) is 37.1 Å². The molecule has 2 aromatic rings. The molecule has 3 rings (SSSR count). The molecule has 2 aromatic carbocycles. The highest BCUT2D eigenvalue weighted by Gasteiger charge is 2.21. The molecule has 1 aliphatic rings. The summed E-state index contributed by atoms with van der Waals surface area (Å²) in [4.78, 5) is 2.10. The fourth-order valence-corrected chi connectivity index (χ4v) is 2.95. The summed E-state index contributed by atoms with van der Waals surface area (Å²) in [5, 5.41) is 0. The monoisotopic (exact) mass is 270 g/mol. The average Bonchev–Trinajstić information content (AvgIpc) is 2.69. The van der Waals surface area contributed by atoms with Gasteiger partial charge < -0.3 is 10.6 Å². The first-order chi connectivity index (χ1) is 9.81. The number of nitrogens with zero attached hydrogens (tertiary/aromatic N) is 1. The molecule has 0 bridgehead atoms. The summed E-state index contributed by atoms with van der Waals surface area (Å²) >= 11 is 0. The summed E-state index contributed by atoms with van der Waals surface area (Å²) in [7, 11) is 0. The van der Waals surface area contributed by atoms with Gasteiger partial charge in [-0.05, 0) is 42.5 Å². The molecule has 0 aromatic heterocycles. The number of para-hydroxylation sites is 2. The summed E-state index contributed by atoms with van der Waals surface area (Å²) in [5.41, 5.74) is 9.70. The van der Waals surface area contributed by atoms with Crippen molar-refractivity contribution in [2.45, 2.75) is 25.8 Å². The predicted octanol–water partition coefficient (Wildman–Crippen LogP) is 3.76. The minimum Gasteiger partial charge on any atom is -0.339 e. The van der Waals surface area contributed by atoms with Crippen LogP contribution in [0, 0.1) is 5.82 Å². The predicted molar refractivity (Wildman–Crippen MR) is 80.7 cm³/mol. The molecule has 2 nitrogen and oxygen atoms in total. The molecule has 1 heterocycles. The van der Waals surface area contributed by atoms with E-state index in [2.05, 4.69) is 17.0 Å². The second-order valence-electron chi connectivity index (χ2n) is 5.19. The van der Waals surface area contributed by atoms with Gasteiger partial charge in [0.1, 0.15) is 5.82 Å². The van der Waals surface area contributed by atoms with E-state index in [1.807, 2.05) is 18.2 Å². The van der Waals surface area contributed by atoms with Crippen molar-refractivity contribution in [2.24, 2.45) is 5.73 Å². The molecular formula is C17H19FN2. The van der Waals surface area contributed by atoms with Gasteiger partial charge in [-0.1, -0.05) is 30.3 Å². The zero-order chi connectivity index (χ0) is 13.9. The smallest absolute Gasteiger partial charge is 0.147 e. The Morgan fingerprint density at radius 3 is 2.75 bits per heavy atom. The highest BCUT2D eigenvalue weighted by molar-refractivity contribution is 5.70. The third-order valence-corrected chi connectivity index (χ3v) is 3.92. The van der Waals surface area contributed by atoms with Crippen LogP contribution in [-0.4, -0.2) is 6.54 Å². The topological polar surface area (TPSA) is 29.3 Å². The molecule has 0 unspecified atom stereocenters. The molecule has 104 valence electrons. The summed E-state index contributed by atoms with van der Waals surface area (Å²) in [5.74, 6) is -0.190. The molecule has 0 radical (unpaired) electrons. The number of benzene rings is 2. The van der Waals surface area contributed by atoms with Gasteiger partial charge in [0.25, 0.3) is 0 Å². The van der Waals surface area contributed by atoms with E-state index >= 15 is 0 Å².